The van der Waals surface area contributed by atoms with Gasteiger partial charge in [0.2, 0.25) is 0 Å². The van der Waals surface area contributed by atoms with E-state index in [1.165, 1.54) is 32.4 Å². The normalized spacial score (nSPS) is 23.8. The molecule has 1 unspecified atom stereocenters. The molecule has 1 heterocycles. The van der Waals surface area contributed by atoms with Gasteiger partial charge in [-0.25, -0.2) is 0 Å². The zero-order valence-electron chi connectivity index (χ0n) is 7.88. The highest BCUT2D eigenvalue weighted by atomic mass is 35.5. The number of nitrogens with zero attached hydrogens (tertiary/aromatic N) is 1. The van der Waals surface area contributed by atoms with Crippen LogP contribution in [-0.2, 0) is 0 Å². The van der Waals surface area contributed by atoms with Crippen LogP contribution in [0.4, 0.5) is 0 Å². The minimum absolute atomic E-state index is 0. The number of hydrogen-bond acceptors (Lipinski definition) is 2. The van der Waals surface area contributed by atoms with Crippen molar-refractivity contribution in [3.63, 3.8) is 0 Å². The van der Waals surface area contributed by atoms with Gasteiger partial charge in [0.25, 0.3) is 0 Å². The van der Waals surface area contributed by atoms with E-state index in [1.807, 2.05) is 0 Å². The molecule has 2 nitrogen and oxygen atoms in total. The Morgan fingerprint density at radius 3 is 2.33 bits per heavy atom. The lowest BCUT2D eigenvalue weighted by molar-refractivity contribution is 0.272. The van der Waals surface area contributed by atoms with Crippen LogP contribution in [0.3, 0.4) is 0 Å². The van der Waals surface area contributed by atoms with E-state index in [-0.39, 0.29) is 24.8 Å². The third kappa shape index (κ3) is 5.20. The summed E-state index contributed by atoms with van der Waals surface area (Å²) in [5.74, 6) is 0. The van der Waals surface area contributed by atoms with E-state index in [9.17, 15) is 0 Å². The lowest BCUT2D eigenvalue weighted by Gasteiger charge is -2.21. The molecule has 4 heteroatoms. The van der Waals surface area contributed by atoms with Crippen molar-refractivity contribution in [2.24, 2.45) is 0 Å². The lowest BCUT2D eigenvalue weighted by atomic mass is 10.1. The average Bonchev–Trinajstić information content (AvgIpc) is 2.12. The fourth-order valence-electron chi connectivity index (χ4n) is 1.52. The van der Waals surface area contributed by atoms with Gasteiger partial charge in [0.15, 0.2) is 0 Å². The molecule has 0 saturated carbocycles. The first kappa shape index (κ1) is 15.0. The van der Waals surface area contributed by atoms with Crippen LogP contribution in [0.25, 0.3) is 0 Å². The maximum atomic E-state index is 3.41. The van der Waals surface area contributed by atoms with E-state index < -0.39 is 0 Å². The molecule has 76 valence electrons. The van der Waals surface area contributed by atoms with E-state index in [0.29, 0.717) is 0 Å². The molecule has 0 radical (unpaired) electrons. The summed E-state index contributed by atoms with van der Waals surface area (Å²) in [6, 6.07) is 0.815. The smallest absolute Gasteiger partial charge is 0.0102 e. The molecule has 1 rings (SSSR count). The zero-order chi connectivity index (χ0) is 7.40. The summed E-state index contributed by atoms with van der Waals surface area (Å²) < 4.78 is 0. The van der Waals surface area contributed by atoms with Crippen molar-refractivity contribution < 1.29 is 0 Å². The first-order valence-corrected chi connectivity index (χ1v) is 4.18. The number of halogens is 2. The van der Waals surface area contributed by atoms with Crippen molar-refractivity contribution in [2.45, 2.75) is 25.3 Å². The highest BCUT2D eigenvalue weighted by Gasteiger charge is 2.12. The molecule has 1 aliphatic heterocycles. The molecule has 0 aromatic carbocycles. The predicted octanol–water partition coefficient (Wildman–Crippen LogP) is 1.53. The lowest BCUT2D eigenvalue weighted by Crippen LogP contribution is -2.28. The standard InChI is InChI=1S/C8H18N2.2ClH/c1-10(2)8-4-3-6-9-7-5-8;;/h8-9H,3-7H2,1-2H3;2*1H. The Labute approximate surface area is 87.9 Å². The highest BCUT2D eigenvalue weighted by molar-refractivity contribution is 5.85. The molecule has 0 aromatic rings. The Morgan fingerprint density at radius 1 is 1.08 bits per heavy atom. The predicted molar refractivity (Wildman–Crippen MR) is 58.7 cm³/mol. The summed E-state index contributed by atoms with van der Waals surface area (Å²) in [5, 5.41) is 3.41. The summed E-state index contributed by atoms with van der Waals surface area (Å²) in [4.78, 5) is 2.34. The van der Waals surface area contributed by atoms with Crippen molar-refractivity contribution >= 4 is 24.8 Å². The van der Waals surface area contributed by atoms with Crippen LogP contribution in [-0.4, -0.2) is 38.1 Å². The molecule has 1 atom stereocenters. The van der Waals surface area contributed by atoms with E-state index in [1.54, 1.807) is 0 Å². The summed E-state index contributed by atoms with van der Waals surface area (Å²) in [7, 11) is 4.35. The van der Waals surface area contributed by atoms with Gasteiger partial charge in [-0.15, -0.1) is 24.8 Å². The van der Waals surface area contributed by atoms with E-state index in [0.717, 1.165) is 6.04 Å². The van der Waals surface area contributed by atoms with Gasteiger partial charge in [0, 0.05) is 6.04 Å². The average molecular weight is 215 g/mol. The molecule has 0 amide bonds. The Balaban J connectivity index is 0. The Hall–Kier alpha value is 0.500. The number of rotatable bonds is 1. The monoisotopic (exact) mass is 214 g/mol. The molecular weight excluding hydrogens is 195 g/mol. The molecular formula is C8H20Cl2N2. The molecule has 1 fully saturated rings. The van der Waals surface area contributed by atoms with Gasteiger partial charge in [0.05, 0.1) is 0 Å². The zero-order valence-corrected chi connectivity index (χ0v) is 9.51. The van der Waals surface area contributed by atoms with Gasteiger partial charge in [-0.3, -0.25) is 0 Å². The van der Waals surface area contributed by atoms with Crippen molar-refractivity contribution in [3.05, 3.63) is 0 Å². The molecule has 0 bridgehead atoms. The van der Waals surface area contributed by atoms with Crippen molar-refractivity contribution in [3.8, 4) is 0 Å². The van der Waals surface area contributed by atoms with Gasteiger partial charge in [-0.2, -0.15) is 0 Å². The second kappa shape index (κ2) is 8.11. The van der Waals surface area contributed by atoms with Crippen molar-refractivity contribution in [1.82, 2.24) is 10.2 Å². The van der Waals surface area contributed by atoms with E-state index in [4.69, 9.17) is 0 Å². The van der Waals surface area contributed by atoms with Crippen molar-refractivity contribution in [1.29, 1.82) is 0 Å². The van der Waals surface area contributed by atoms with Crippen LogP contribution in [0.2, 0.25) is 0 Å². The third-order valence-electron chi connectivity index (χ3n) is 2.28. The van der Waals surface area contributed by atoms with Crippen LogP contribution in [0.1, 0.15) is 19.3 Å². The third-order valence-corrected chi connectivity index (χ3v) is 2.28. The second-order valence-corrected chi connectivity index (χ2v) is 3.30. The van der Waals surface area contributed by atoms with Crippen LogP contribution in [0.5, 0.6) is 0 Å². The van der Waals surface area contributed by atoms with Gasteiger partial charge < -0.3 is 10.2 Å². The quantitative estimate of drug-likeness (QED) is 0.713. The van der Waals surface area contributed by atoms with Crippen LogP contribution < -0.4 is 5.32 Å². The maximum Gasteiger partial charge on any atom is 0.0102 e. The minimum atomic E-state index is 0. The Morgan fingerprint density at radius 2 is 1.75 bits per heavy atom. The first-order chi connectivity index (χ1) is 4.80. The summed E-state index contributed by atoms with van der Waals surface area (Å²) in [6.07, 6.45) is 4.01. The number of nitrogens with one attached hydrogen (secondary N) is 1. The van der Waals surface area contributed by atoms with Crippen LogP contribution in [0, 0.1) is 0 Å². The van der Waals surface area contributed by atoms with Crippen molar-refractivity contribution in [2.75, 3.05) is 27.2 Å². The SMILES string of the molecule is CN(C)C1CCCNCC1.Cl.Cl. The fraction of sp³-hybridized carbons (Fsp3) is 1.00. The first-order valence-electron chi connectivity index (χ1n) is 4.18. The molecule has 1 N–H and O–H groups in total. The molecule has 0 aromatic heterocycles. The summed E-state index contributed by atoms with van der Waals surface area (Å²) in [5.41, 5.74) is 0. The molecule has 0 spiro atoms. The largest absolute Gasteiger partial charge is 0.317 e. The van der Waals surface area contributed by atoms with E-state index in [2.05, 4.69) is 24.3 Å². The molecule has 1 aliphatic rings. The van der Waals surface area contributed by atoms with Gasteiger partial charge >= 0.3 is 0 Å². The minimum Gasteiger partial charge on any atom is -0.317 e. The maximum absolute atomic E-state index is 3.41. The topological polar surface area (TPSA) is 15.3 Å². The second-order valence-electron chi connectivity index (χ2n) is 3.30. The Bertz CT molecular complexity index is 91.1. The van der Waals surface area contributed by atoms with Gasteiger partial charge in [-0.1, -0.05) is 0 Å². The van der Waals surface area contributed by atoms with Gasteiger partial charge in [0.1, 0.15) is 0 Å². The van der Waals surface area contributed by atoms with E-state index >= 15 is 0 Å². The highest BCUT2D eigenvalue weighted by Crippen LogP contribution is 2.09. The fourth-order valence-corrected chi connectivity index (χ4v) is 1.52. The van der Waals surface area contributed by atoms with Crippen LogP contribution in [0.15, 0.2) is 0 Å². The van der Waals surface area contributed by atoms with Gasteiger partial charge in [-0.05, 0) is 46.4 Å². The van der Waals surface area contributed by atoms with Crippen LogP contribution >= 0.6 is 24.8 Å². The molecule has 12 heavy (non-hydrogen) atoms. The Kier molecular flexibility index (Phi) is 10.1. The molecule has 1 saturated heterocycles. The molecule has 0 aliphatic carbocycles. The summed E-state index contributed by atoms with van der Waals surface area (Å²) >= 11 is 0. The number of hydrogen-bond donors (Lipinski definition) is 1. The summed E-state index contributed by atoms with van der Waals surface area (Å²) in [6.45, 7) is 2.41.